The summed E-state index contributed by atoms with van der Waals surface area (Å²) < 4.78 is 10.1. The van der Waals surface area contributed by atoms with Crippen LogP contribution in [-0.4, -0.2) is 4.57 Å². The van der Waals surface area contributed by atoms with Crippen molar-refractivity contribution < 1.29 is 4.42 Å². The minimum atomic E-state index is -0.510. The molecule has 1 aliphatic heterocycles. The Labute approximate surface area is 387 Å². The smallest absolute Gasteiger partial charge is 0.159 e. The van der Waals surface area contributed by atoms with Gasteiger partial charge in [-0.15, -0.1) is 0 Å². The molecule has 0 unspecified atom stereocenters. The zero-order chi connectivity index (χ0) is 43.9. The highest BCUT2D eigenvalue weighted by molar-refractivity contribution is 6.20. The fourth-order valence-electron chi connectivity index (χ4n) is 13.7. The Balaban J connectivity index is 1.02. The molecule has 12 aromatic rings. The molecule has 314 valence electrons. The molecule has 2 aromatic heterocycles. The van der Waals surface area contributed by atoms with Crippen LogP contribution in [0.2, 0.25) is 0 Å². The average molecular weight is 855 g/mol. The standard InChI is InChI=1S/C64H42N2O/c1-63(2)49-23-11-13-25-54(49)66(57-36-56-46(35-52(57)63)42-19-8-12-24-53(42)65(56)39-15-4-3-5-16-39)55-26-14-20-43-44-32-34-51-60(62(44)67-61(43)55)45-31-29-37-27-28-38-30-33-50(59(45)58(37)38)64(51)47-21-9-6-17-40(47)41-18-7-10-22-48(41)64/h3-26,29-36H,27-28H2,1-2H3. The molecule has 3 heterocycles. The van der Waals surface area contributed by atoms with E-state index in [-0.39, 0.29) is 5.41 Å². The number of aromatic nitrogens is 1. The molecule has 3 heteroatoms. The van der Waals surface area contributed by atoms with Gasteiger partial charge >= 0.3 is 0 Å². The number of fused-ring (bicyclic) bond motifs is 18. The molecule has 67 heavy (non-hydrogen) atoms. The molecular formula is C64H42N2O. The van der Waals surface area contributed by atoms with E-state index < -0.39 is 5.41 Å². The average Bonchev–Trinajstić information content (AvgIpc) is 4.14. The van der Waals surface area contributed by atoms with Gasteiger partial charge in [-0.2, -0.15) is 0 Å². The fraction of sp³-hybridized carbons (Fsp3) is 0.0938. The highest BCUT2D eigenvalue weighted by Crippen LogP contribution is 2.64. The van der Waals surface area contributed by atoms with Crippen LogP contribution in [0.4, 0.5) is 17.1 Å². The van der Waals surface area contributed by atoms with Gasteiger partial charge in [0.15, 0.2) is 5.58 Å². The Hall–Kier alpha value is -8.14. The van der Waals surface area contributed by atoms with Gasteiger partial charge < -0.3 is 13.9 Å². The van der Waals surface area contributed by atoms with Crippen LogP contribution in [0.15, 0.2) is 199 Å². The SMILES string of the molecule is CC1(C)c2ccccc2N(c2cccc3c2oc2c4c(ccc23)C2(c3ccccc3-c3ccccc32)c2ccc3c5c(ccc-4c25)CC3)c2cc3c(cc21)c1ccccc1n3-c1ccccc1. The van der Waals surface area contributed by atoms with Crippen molar-refractivity contribution >= 4 is 71.6 Å². The third-order valence-electron chi connectivity index (χ3n) is 16.5. The number of aryl methyl sites for hydroxylation is 2. The summed E-state index contributed by atoms with van der Waals surface area (Å²) in [6.07, 6.45) is 2.16. The second kappa shape index (κ2) is 12.4. The summed E-state index contributed by atoms with van der Waals surface area (Å²) in [7, 11) is 0. The summed E-state index contributed by atoms with van der Waals surface area (Å²) in [5.41, 5.74) is 24.0. The van der Waals surface area contributed by atoms with E-state index in [1.807, 2.05) is 0 Å². The van der Waals surface area contributed by atoms with E-state index in [0.29, 0.717) is 0 Å². The van der Waals surface area contributed by atoms with Gasteiger partial charge in [0.1, 0.15) is 5.58 Å². The maximum Gasteiger partial charge on any atom is 0.159 e. The van der Waals surface area contributed by atoms with Crippen LogP contribution in [0.1, 0.15) is 58.4 Å². The Morgan fingerprint density at radius 2 is 1.04 bits per heavy atom. The summed E-state index contributed by atoms with van der Waals surface area (Å²) in [6, 6.07) is 73.2. The largest absolute Gasteiger partial charge is 0.453 e. The summed E-state index contributed by atoms with van der Waals surface area (Å²) in [5.74, 6) is 0. The number of benzene rings is 10. The fourth-order valence-corrected chi connectivity index (χ4v) is 13.7. The van der Waals surface area contributed by atoms with E-state index >= 15 is 0 Å². The van der Waals surface area contributed by atoms with E-state index in [9.17, 15) is 0 Å². The van der Waals surface area contributed by atoms with Gasteiger partial charge in [-0.3, -0.25) is 0 Å². The summed E-state index contributed by atoms with van der Waals surface area (Å²) in [4.78, 5) is 2.50. The lowest BCUT2D eigenvalue weighted by molar-refractivity contribution is 0.631. The maximum absolute atomic E-state index is 7.70. The molecule has 4 aliphatic rings. The molecule has 0 amide bonds. The molecule has 3 aliphatic carbocycles. The normalized spacial score (nSPS) is 15.4. The Morgan fingerprint density at radius 3 is 1.85 bits per heavy atom. The minimum Gasteiger partial charge on any atom is -0.453 e. The lowest BCUT2D eigenvalue weighted by Gasteiger charge is -2.42. The first-order chi connectivity index (χ1) is 33.0. The second-order valence-corrected chi connectivity index (χ2v) is 19.8. The van der Waals surface area contributed by atoms with Crippen LogP contribution in [0.5, 0.6) is 0 Å². The first-order valence-corrected chi connectivity index (χ1v) is 23.8. The van der Waals surface area contributed by atoms with Crippen LogP contribution in [0.25, 0.3) is 82.5 Å². The molecule has 0 saturated carbocycles. The van der Waals surface area contributed by atoms with Crippen LogP contribution in [0.3, 0.4) is 0 Å². The number of rotatable bonds is 2. The molecule has 3 nitrogen and oxygen atoms in total. The number of furan rings is 1. The predicted octanol–water partition coefficient (Wildman–Crippen LogP) is 16.4. The van der Waals surface area contributed by atoms with Gasteiger partial charge in [-0.05, 0) is 127 Å². The van der Waals surface area contributed by atoms with Crippen LogP contribution >= 0.6 is 0 Å². The number of nitrogens with zero attached hydrogens (tertiary/aromatic N) is 2. The molecule has 1 spiro atoms. The van der Waals surface area contributed by atoms with Crippen molar-refractivity contribution in [1.82, 2.24) is 4.57 Å². The van der Waals surface area contributed by atoms with Crippen LogP contribution < -0.4 is 4.90 Å². The topological polar surface area (TPSA) is 21.3 Å². The van der Waals surface area contributed by atoms with E-state index in [1.54, 1.807) is 0 Å². The first-order valence-electron chi connectivity index (χ1n) is 23.8. The summed E-state index contributed by atoms with van der Waals surface area (Å²) in [6.45, 7) is 4.78. The van der Waals surface area contributed by atoms with Crippen molar-refractivity contribution in [3.8, 4) is 27.9 Å². The molecule has 0 fully saturated rings. The van der Waals surface area contributed by atoms with Crippen molar-refractivity contribution in [2.75, 3.05) is 4.90 Å². The van der Waals surface area contributed by atoms with E-state index in [2.05, 4.69) is 217 Å². The molecule has 10 aromatic carbocycles. The van der Waals surface area contributed by atoms with Crippen molar-refractivity contribution in [1.29, 1.82) is 0 Å². The zero-order valence-electron chi connectivity index (χ0n) is 37.2. The third kappa shape index (κ3) is 4.26. The van der Waals surface area contributed by atoms with Gasteiger partial charge in [0.25, 0.3) is 0 Å². The lowest BCUT2D eigenvalue weighted by atomic mass is 9.61. The van der Waals surface area contributed by atoms with Gasteiger partial charge in [0.2, 0.25) is 0 Å². The van der Waals surface area contributed by atoms with Crippen molar-refractivity contribution in [3.05, 3.63) is 239 Å². The number of hydrogen-bond donors (Lipinski definition) is 0. The van der Waals surface area contributed by atoms with Crippen molar-refractivity contribution in [2.24, 2.45) is 0 Å². The zero-order valence-corrected chi connectivity index (χ0v) is 37.2. The van der Waals surface area contributed by atoms with Gasteiger partial charge in [0.05, 0.1) is 33.5 Å². The lowest BCUT2D eigenvalue weighted by Crippen LogP contribution is -2.32. The molecule has 0 atom stereocenters. The maximum atomic E-state index is 7.70. The molecule has 0 bridgehead atoms. The van der Waals surface area contributed by atoms with Gasteiger partial charge in [0, 0.05) is 38.2 Å². The highest BCUT2D eigenvalue weighted by Gasteiger charge is 2.51. The van der Waals surface area contributed by atoms with Crippen molar-refractivity contribution in [3.63, 3.8) is 0 Å². The highest BCUT2D eigenvalue weighted by atomic mass is 16.3. The van der Waals surface area contributed by atoms with E-state index in [4.69, 9.17) is 4.42 Å². The van der Waals surface area contributed by atoms with E-state index in [1.165, 1.54) is 111 Å². The molecule has 0 radical (unpaired) electrons. The molecular weight excluding hydrogens is 813 g/mol. The molecule has 16 rings (SSSR count). The van der Waals surface area contributed by atoms with E-state index in [0.717, 1.165) is 46.2 Å². The third-order valence-corrected chi connectivity index (χ3v) is 16.5. The quantitative estimate of drug-likeness (QED) is 0.173. The Kier molecular flexibility index (Phi) is 6.68. The predicted molar refractivity (Wildman–Crippen MR) is 276 cm³/mol. The Morgan fingerprint density at radius 1 is 0.403 bits per heavy atom. The number of para-hydroxylation sites is 4. The monoisotopic (exact) mass is 854 g/mol. The van der Waals surface area contributed by atoms with Crippen molar-refractivity contribution in [2.45, 2.75) is 37.5 Å². The summed E-state index contributed by atoms with van der Waals surface area (Å²) >= 11 is 0. The second-order valence-electron chi connectivity index (χ2n) is 19.8. The number of anilines is 3. The first kappa shape index (κ1) is 36.1. The van der Waals surface area contributed by atoms with Gasteiger partial charge in [-0.25, -0.2) is 0 Å². The molecule has 0 N–H and O–H groups in total. The Bertz CT molecular complexity index is 4150. The summed E-state index contributed by atoms with van der Waals surface area (Å²) in [5, 5.41) is 7.61. The van der Waals surface area contributed by atoms with Crippen LogP contribution in [-0.2, 0) is 23.7 Å². The number of hydrogen-bond acceptors (Lipinski definition) is 2. The minimum absolute atomic E-state index is 0.275. The van der Waals surface area contributed by atoms with Crippen LogP contribution in [0, 0.1) is 0 Å². The van der Waals surface area contributed by atoms with Gasteiger partial charge in [-0.1, -0.05) is 166 Å². The molecule has 0 saturated heterocycles.